The molecule has 0 radical (unpaired) electrons. The SMILES string of the molecule is CCC(C)NC(=O)C(Cc1ccccc1)N(Cc1ccccc1F)C(=O)CN(c1ccc(Cl)cc1C)S(C)(=O)=O. The zero-order valence-electron chi connectivity index (χ0n) is 23.1. The van der Waals surface area contributed by atoms with E-state index < -0.39 is 40.2 Å². The number of sulfonamides is 1. The number of nitrogens with one attached hydrogen (secondary N) is 1. The molecule has 0 aliphatic rings. The average molecular weight is 588 g/mol. The fourth-order valence-corrected chi connectivity index (χ4v) is 5.43. The first kappa shape index (κ1) is 31.1. The standard InChI is InChI=1S/C30H35ClFN3O4S/c1-5-22(3)33-30(37)28(18-23-11-7-6-8-12-23)34(19-24-13-9-10-14-26(24)32)29(36)20-35(40(4,38)39)27-16-15-25(31)17-21(27)2/h6-17,22,28H,5,18-20H2,1-4H3,(H,33,37). The summed E-state index contributed by atoms with van der Waals surface area (Å²) >= 11 is 6.08. The number of nitrogens with zero attached hydrogens (tertiary/aromatic N) is 2. The molecule has 0 saturated heterocycles. The molecule has 0 aromatic heterocycles. The van der Waals surface area contributed by atoms with Crippen molar-refractivity contribution in [2.24, 2.45) is 0 Å². The topological polar surface area (TPSA) is 86.8 Å². The summed E-state index contributed by atoms with van der Waals surface area (Å²) < 4.78 is 41.6. The van der Waals surface area contributed by atoms with E-state index in [0.717, 1.165) is 16.1 Å². The molecule has 7 nitrogen and oxygen atoms in total. The zero-order valence-corrected chi connectivity index (χ0v) is 24.7. The van der Waals surface area contributed by atoms with Crippen LogP contribution in [0.4, 0.5) is 10.1 Å². The molecule has 2 atom stereocenters. The van der Waals surface area contributed by atoms with E-state index in [-0.39, 0.29) is 30.3 Å². The lowest BCUT2D eigenvalue weighted by Gasteiger charge is -2.34. The first-order valence-electron chi connectivity index (χ1n) is 13.0. The van der Waals surface area contributed by atoms with Gasteiger partial charge < -0.3 is 10.2 Å². The molecular weight excluding hydrogens is 553 g/mol. The van der Waals surface area contributed by atoms with Crippen LogP contribution >= 0.6 is 11.6 Å². The molecule has 3 aromatic rings. The van der Waals surface area contributed by atoms with Gasteiger partial charge in [0, 0.05) is 29.6 Å². The summed E-state index contributed by atoms with van der Waals surface area (Å²) in [6.07, 6.45) is 1.83. The minimum atomic E-state index is -3.92. The molecular formula is C30H35ClFN3O4S. The fraction of sp³-hybridized carbons (Fsp3) is 0.333. The second-order valence-electron chi connectivity index (χ2n) is 9.84. The number of amides is 2. The second kappa shape index (κ2) is 13.8. The van der Waals surface area contributed by atoms with Gasteiger partial charge in [-0.15, -0.1) is 0 Å². The Morgan fingerprint density at radius 3 is 2.27 bits per heavy atom. The normalized spacial score (nSPS) is 12.8. The van der Waals surface area contributed by atoms with Crippen molar-refractivity contribution in [1.82, 2.24) is 10.2 Å². The zero-order chi connectivity index (χ0) is 29.4. The van der Waals surface area contributed by atoms with Gasteiger partial charge in [0.15, 0.2) is 0 Å². The Bertz CT molecular complexity index is 1440. The summed E-state index contributed by atoms with van der Waals surface area (Å²) in [5, 5.41) is 3.37. The van der Waals surface area contributed by atoms with Crippen LogP contribution in [0.1, 0.15) is 37.0 Å². The van der Waals surface area contributed by atoms with E-state index in [1.807, 2.05) is 44.2 Å². The third-order valence-corrected chi connectivity index (χ3v) is 8.04. The number of anilines is 1. The minimum Gasteiger partial charge on any atom is -0.352 e. The Morgan fingerprint density at radius 1 is 1.02 bits per heavy atom. The molecule has 3 aromatic carbocycles. The van der Waals surface area contributed by atoms with E-state index in [1.165, 1.54) is 23.1 Å². The Kier molecular flexibility index (Phi) is 10.7. The molecule has 0 bridgehead atoms. The first-order valence-corrected chi connectivity index (χ1v) is 15.2. The largest absolute Gasteiger partial charge is 0.352 e. The van der Waals surface area contributed by atoms with Crippen molar-refractivity contribution in [2.45, 2.75) is 52.2 Å². The fourth-order valence-electron chi connectivity index (χ4n) is 4.30. The highest BCUT2D eigenvalue weighted by molar-refractivity contribution is 7.92. The van der Waals surface area contributed by atoms with Crippen LogP contribution < -0.4 is 9.62 Å². The Labute approximate surface area is 241 Å². The van der Waals surface area contributed by atoms with Gasteiger partial charge in [-0.25, -0.2) is 12.8 Å². The smallest absolute Gasteiger partial charge is 0.244 e. The molecule has 214 valence electrons. The van der Waals surface area contributed by atoms with Crippen molar-refractivity contribution in [3.8, 4) is 0 Å². The van der Waals surface area contributed by atoms with Gasteiger partial charge in [0.1, 0.15) is 18.4 Å². The van der Waals surface area contributed by atoms with Crippen molar-refractivity contribution in [3.63, 3.8) is 0 Å². The number of carbonyl (C=O) groups is 2. The van der Waals surface area contributed by atoms with Gasteiger partial charge >= 0.3 is 0 Å². The predicted octanol–water partition coefficient (Wildman–Crippen LogP) is 5.11. The van der Waals surface area contributed by atoms with Crippen LogP contribution in [0.25, 0.3) is 0 Å². The molecule has 3 rings (SSSR count). The number of benzene rings is 3. The maximum absolute atomic E-state index is 14.8. The minimum absolute atomic E-state index is 0.155. The quantitative estimate of drug-likeness (QED) is 0.319. The summed E-state index contributed by atoms with van der Waals surface area (Å²) in [5.41, 5.74) is 1.85. The molecule has 0 fully saturated rings. The van der Waals surface area contributed by atoms with Crippen molar-refractivity contribution in [2.75, 3.05) is 17.1 Å². The highest BCUT2D eigenvalue weighted by Crippen LogP contribution is 2.26. The lowest BCUT2D eigenvalue weighted by Crippen LogP contribution is -2.54. The Balaban J connectivity index is 2.09. The third kappa shape index (κ3) is 8.29. The lowest BCUT2D eigenvalue weighted by atomic mass is 10.0. The highest BCUT2D eigenvalue weighted by atomic mass is 35.5. The van der Waals surface area contributed by atoms with Gasteiger partial charge in [0.2, 0.25) is 21.8 Å². The maximum Gasteiger partial charge on any atom is 0.244 e. The summed E-state index contributed by atoms with van der Waals surface area (Å²) in [7, 11) is -3.92. The van der Waals surface area contributed by atoms with Crippen LogP contribution in [0, 0.1) is 12.7 Å². The number of aryl methyl sites for hydroxylation is 1. The van der Waals surface area contributed by atoms with Gasteiger partial charge in [-0.3, -0.25) is 13.9 Å². The Hall–Kier alpha value is -3.43. The van der Waals surface area contributed by atoms with E-state index in [0.29, 0.717) is 17.0 Å². The van der Waals surface area contributed by atoms with E-state index >= 15 is 0 Å². The maximum atomic E-state index is 14.8. The van der Waals surface area contributed by atoms with Gasteiger partial charge in [-0.05, 0) is 55.7 Å². The number of carbonyl (C=O) groups excluding carboxylic acids is 2. The van der Waals surface area contributed by atoms with Crippen molar-refractivity contribution < 1.29 is 22.4 Å². The van der Waals surface area contributed by atoms with Crippen LogP contribution in [-0.2, 0) is 32.6 Å². The molecule has 40 heavy (non-hydrogen) atoms. The van der Waals surface area contributed by atoms with Crippen LogP contribution in [0.2, 0.25) is 5.02 Å². The molecule has 2 unspecified atom stereocenters. The van der Waals surface area contributed by atoms with E-state index in [9.17, 15) is 22.4 Å². The summed E-state index contributed by atoms with van der Waals surface area (Å²) in [5.74, 6) is -1.59. The van der Waals surface area contributed by atoms with E-state index in [2.05, 4.69) is 5.32 Å². The average Bonchev–Trinajstić information content (AvgIpc) is 2.90. The van der Waals surface area contributed by atoms with Crippen LogP contribution in [-0.4, -0.2) is 50.0 Å². The van der Waals surface area contributed by atoms with E-state index in [4.69, 9.17) is 11.6 Å². The number of hydrogen-bond acceptors (Lipinski definition) is 4. The van der Waals surface area contributed by atoms with Crippen LogP contribution in [0.15, 0.2) is 72.8 Å². The van der Waals surface area contributed by atoms with Gasteiger partial charge in [-0.2, -0.15) is 0 Å². The number of halogens is 2. The van der Waals surface area contributed by atoms with Crippen molar-refractivity contribution in [1.29, 1.82) is 0 Å². The second-order valence-corrected chi connectivity index (χ2v) is 12.2. The Morgan fingerprint density at radius 2 is 1.68 bits per heavy atom. The first-order chi connectivity index (χ1) is 18.9. The summed E-state index contributed by atoms with van der Waals surface area (Å²) in [6, 6.07) is 18.7. The van der Waals surface area contributed by atoms with Crippen LogP contribution in [0.3, 0.4) is 0 Å². The van der Waals surface area contributed by atoms with Gasteiger partial charge in [0.05, 0.1) is 11.9 Å². The van der Waals surface area contributed by atoms with Gasteiger partial charge in [0.25, 0.3) is 0 Å². The molecule has 0 saturated carbocycles. The van der Waals surface area contributed by atoms with Crippen LogP contribution in [0.5, 0.6) is 0 Å². The molecule has 0 spiro atoms. The number of hydrogen-bond donors (Lipinski definition) is 1. The number of rotatable bonds is 12. The molecule has 10 heteroatoms. The van der Waals surface area contributed by atoms with E-state index in [1.54, 1.807) is 31.2 Å². The summed E-state index contributed by atoms with van der Waals surface area (Å²) in [6.45, 7) is 4.66. The molecule has 1 N–H and O–H groups in total. The molecule has 0 heterocycles. The third-order valence-electron chi connectivity index (χ3n) is 6.68. The van der Waals surface area contributed by atoms with Crippen molar-refractivity contribution >= 4 is 39.1 Å². The van der Waals surface area contributed by atoms with Gasteiger partial charge in [-0.1, -0.05) is 67.1 Å². The van der Waals surface area contributed by atoms with Crippen molar-refractivity contribution in [3.05, 3.63) is 100 Å². The molecule has 2 amide bonds. The molecule has 0 aliphatic heterocycles. The predicted molar refractivity (Wildman–Crippen MR) is 157 cm³/mol. The lowest BCUT2D eigenvalue weighted by molar-refractivity contribution is -0.140. The summed E-state index contributed by atoms with van der Waals surface area (Å²) in [4.78, 5) is 29.0. The highest BCUT2D eigenvalue weighted by Gasteiger charge is 2.34. The monoisotopic (exact) mass is 587 g/mol. The molecule has 0 aliphatic carbocycles.